The topological polar surface area (TPSA) is 35.6 Å². The van der Waals surface area contributed by atoms with Gasteiger partial charge in [0.1, 0.15) is 0 Å². The number of urea groups is 1. The van der Waals surface area contributed by atoms with Gasteiger partial charge in [0, 0.05) is 32.2 Å². The first-order valence-electron chi connectivity index (χ1n) is 4.97. The second-order valence-electron chi connectivity index (χ2n) is 4.12. The third-order valence-corrected chi connectivity index (χ3v) is 2.99. The molecule has 0 unspecified atom stereocenters. The van der Waals surface area contributed by atoms with Crippen LogP contribution in [0.25, 0.3) is 0 Å². The van der Waals surface area contributed by atoms with Crippen LogP contribution in [0.15, 0.2) is 0 Å². The van der Waals surface area contributed by atoms with E-state index in [1.807, 2.05) is 4.90 Å². The number of amides is 2. The number of nitrogens with zero attached hydrogens (tertiary/aromatic N) is 2. The van der Waals surface area contributed by atoms with E-state index in [2.05, 4.69) is 24.1 Å². The Bertz CT molecular complexity index is 217. The molecule has 4 heteroatoms. The van der Waals surface area contributed by atoms with Gasteiger partial charge in [0.25, 0.3) is 0 Å². The monoisotopic (exact) mass is 183 g/mol. The maximum atomic E-state index is 11.3. The summed E-state index contributed by atoms with van der Waals surface area (Å²) in [6.45, 7) is 8.16. The van der Waals surface area contributed by atoms with E-state index in [0.717, 1.165) is 26.2 Å². The third-order valence-electron chi connectivity index (χ3n) is 2.99. The fourth-order valence-corrected chi connectivity index (χ4v) is 2.10. The lowest BCUT2D eigenvalue weighted by Gasteiger charge is -2.38. The van der Waals surface area contributed by atoms with Gasteiger partial charge in [-0.1, -0.05) is 0 Å². The van der Waals surface area contributed by atoms with Crippen LogP contribution in [0.5, 0.6) is 0 Å². The summed E-state index contributed by atoms with van der Waals surface area (Å²) < 4.78 is 0. The molecule has 0 spiro atoms. The smallest absolute Gasteiger partial charge is 0.317 e. The van der Waals surface area contributed by atoms with Crippen molar-refractivity contribution >= 4 is 6.03 Å². The van der Waals surface area contributed by atoms with Gasteiger partial charge >= 0.3 is 6.03 Å². The van der Waals surface area contributed by atoms with E-state index in [4.69, 9.17) is 0 Å². The van der Waals surface area contributed by atoms with Crippen molar-refractivity contribution in [2.75, 3.05) is 26.2 Å². The summed E-state index contributed by atoms with van der Waals surface area (Å²) in [6, 6.07) is 1.12. The van der Waals surface area contributed by atoms with Gasteiger partial charge in [0.2, 0.25) is 0 Å². The van der Waals surface area contributed by atoms with Crippen molar-refractivity contribution < 1.29 is 4.79 Å². The number of fused-ring (bicyclic) bond motifs is 1. The zero-order chi connectivity index (χ0) is 9.42. The Labute approximate surface area is 78.9 Å². The van der Waals surface area contributed by atoms with Crippen LogP contribution in [0, 0.1) is 0 Å². The SMILES string of the molecule is CC(C)N1CCN2C(=O)NC[C@@H]2C1. The molecule has 2 heterocycles. The molecule has 0 aromatic carbocycles. The number of nitrogens with one attached hydrogen (secondary N) is 1. The first-order chi connectivity index (χ1) is 6.18. The minimum atomic E-state index is 0.119. The van der Waals surface area contributed by atoms with Gasteiger partial charge in [-0.15, -0.1) is 0 Å². The summed E-state index contributed by atoms with van der Waals surface area (Å²) >= 11 is 0. The average molecular weight is 183 g/mol. The van der Waals surface area contributed by atoms with Crippen molar-refractivity contribution in [3.8, 4) is 0 Å². The number of hydrogen-bond acceptors (Lipinski definition) is 2. The van der Waals surface area contributed by atoms with E-state index < -0.39 is 0 Å². The number of carbonyl (C=O) groups excluding carboxylic acids is 1. The Morgan fingerprint density at radius 2 is 2.23 bits per heavy atom. The minimum absolute atomic E-state index is 0.119. The summed E-state index contributed by atoms with van der Waals surface area (Å²) in [6.07, 6.45) is 0. The molecule has 0 bridgehead atoms. The molecular formula is C9H17N3O. The molecule has 2 rings (SSSR count). The lowest BCUT2D eigenvalue weighted by atomic mass is 10.1. The van der Waals surface area contributed by atoms with Crippen molar-refractivity contribution in [1.82, 2.24) is 15.1 Å². The molecule has 0 aromatic rings. The number of piperazine rings is 1. The molecule has 2 amide bonds. The van der Waals surface area contributed by atoms with Crippen LogP contribution in [0.3, 0.4) is 0 Å². The fourth-order valence-electron chi connectivity index (χ4n) is 2.10. The molecule has 13 heavy (non-hydrogen) atoms. The highest BCUT2D eigenvalue weighted by Crippen LogP contribution is 2.15. The van der Waals surface area contributed by atoms with Crippen LogP contribution in [-0.2, 0) is 0 Å². The van der Waals surface area contributed by atoms with Gasteiger partial charge in [-0.05, 0) is 13.8 Å². The highest BCUT2D eigenvalue weighted by atomic mass is 16.2. The van der Waals surface area contributed by atoms with Crippen LogP contribution >= 0.6 is 0 Å². The predicted octanol–water partition coefficient (Wildman–Crippen LogP) is 0.104. The van der Waals surface area contributed by atoms with Crippen molar-refractivity contribution in [3.63, 3.8) is 0 Å². The van der Waals surface area contributed by atoms with E-state index in [9.17, 15) is 4.79 Å². The van der Waals surface area contributed by atoms with Crippen molar-refractivity contribution in [2.45, 2.75) is 25.9 Å². The lowest BCUT2D eigenvalue weighted by molar-refractivity contribution is 0.0996. The zero-order valence-corrected chi connectivity index (χ0v) is 8.29. The Morgan fingerprint density at radius 1 is 1.46 bits per heavy atom. The largest absolute Gasteiger partial charge is 0.336 e. The van der Waals surface area contributed by atoms with Crippen LogP contribution in [-0.4, -0.2) is 54.1 Å². The maximum absolute atomic E-state index is 11.3. The predicted molar refractivity (Wildman–Crippen MR) is 50.6 cm³/mol. The first-order valence-corrected chi connectivity index (χ1v) is 4.97. The zero-order valence-electron chi connectivity index (χ0n) is 8.29. The van der Waals surface area contributed by atoms with E-state index >= 15 is 0 Å². The van der Waals surface area contributed by atoms with Gasteiger partial charge in [-0.3, -0.25) is 4.90 Å². The second kappa shape index (κ2) is 3.18. The molecule has 2 aliphatic heterocycles. The Kier molecular flexibility index (Phi) is 2.15. The molecule has 0 aliphatic carbocycles. The second-order valence-corrected chi connectivity index (χ2v) is 4.12. The van der Waals surface area contributed by atoms with E-state index in [0.29, 0.717) is 12.1 Å². The van der Waals surface area contributed by atoms with Gasteiger partial charge in [0.05, 0.1) is 6.04 Å². The third kappa shape index (κ3) is 1.50. The van der Waals surface area contributed by atoms with Crippen LogP contribution in [0.1, 0.15) is 13.8 Å². The van der Waals surface area contributed by atoms with Crippen LogP contribution < -0.4 is 5.32 Å². The average Bonchev–Trinajstić information content (AvgIpc) is 2.47. The summed E-state index contributed by atoms with van der Waals surface area (Å²) in [5.41, 5.74) is 0. The summed E-state index contributed by atoms with van der Waals surface area (Å²) in [7, 11) is 0. The van der Waals surface area contributed by atoms with Gasteiger partial charge in [0.15, 0.2) is 0 Å². The number of carbonyl (C=O) groups is 1. The normalized spacial score (nSPS) is 29.3. The highest BCUT2D eigenvalue weighted by molar-refractivity contribution is 5.77. The molecule has 1 N–H and O–H groups in total. The molecule has 0 saturated carbocycles. The molecule has 74 valence electrons. The summed E-state index contributed by atoms with van der Waals surface area (Å²) in [5, 5.41) is 2.88. The Morgan fingerprint density at radius 3 is 2.92 bits per heavy atom. The Hall–Kier alpha value is -0.770. The Balaban J connectivity index is 1.99. The van der Waals surface area contributed by atoms with Gasteiger partial charge in [-0.2, -0.15) is 0 Å². The van der Waals surface area contributed by atoms with Crippen molar-refractivity contribution in [3.05, 3.63) is 0 Å². The molecule has 0 radical (unpaired) electrons. The van der Waals surface area contributed by atoms with Crippen LogP contribution in [0.2, 0.25) is 0 Å². The molecule has 0 aromatic heterocycles. The first kappa shape index (κ1) is 8.81. The van der Waals surface area contributed by atoms with Gasteiger partial charge in [-0.25, -0.2) is 4.79 Å². The fraction of sp³-hybridized carbons (Fsp3) is 0.889. The van der Waals surface area contributed by atoms with E-state index in [1.54, 1.807) is 0 Å². The van der Waals surface area contributed by atoms with E-state index in [1.165, 1.54) is 0 Å². The number of rotatable bonds is 1. The van der Waals surface area contributed by atoms with Crippen LogP contribution in [0.4, 0.5) is 4.79 Å². The quantitative estimate of drug-likeness (QED) is 0.626. The van der Waals surface area contributed by atoms with Crippen molar-refractivity contribution in [1.29, 1.82) is 0 Å². The van der Waals surface area contributed by atoms with Gasteiger partial charge < -0.3 is 10.2 Å². The molecular weight excluding hydrogens is 166 g/mol. The maximum Gasteiger partial charge on any atom is 0.317 e. The molecule has 2 saturated heterocycles. The number of hydrogen-bond donors (Lipinski definition) is 1. The summed E-state index contributed by atoms with van der Waals surface area (Å²) in [4.78, 5) is 15.7. The molecule has 2 fully saturated rings. The highest BCUT2D eigenvalue weighted by Gasteiger charge is 2.35. The molecule has 4 nitrogen and oxygen atoms in total. The molecule has 2 aliphatic rings. The van der Waals surface area contributed by atoms with Crippen molar-refractivity contribution in [2.24, 2.45) is 0 Å². The minimum Gasteiger partial charge on any atom is -0.336 e. The molecule has 1 atom stereocenters. The summed E-state index contributed by atoms with van der Waals surface area (Å²) in [5.74, 6) is 0. The standard InChI is InChI=1S/C9H17N3O/c1-7(2)11-3-4-12-8(6-11)5-10-9(12)13/h7-8H,3-6H2,1-2H3,(H,10,13)/t8-/m1/s1. The van der Waals surface area contributed by atoms with E-state index in [-0.39, 0.29) is 6.03 Å². The lowest BCUT2D eigenvalue weighted by Crippen LogP contribution is -2.53.